The van der Waals surface area contributed by atoms with E-state index in [1.807, 2.05) is 73.7 Å². The van der Waals surface area contributed by atoms with Crippen molar-refractivity contribution in [3.8, 4) is 5.75 Å². The quantitative estimate of drug-likeness (QED) is 0.732. The van der Waals surface area contributed by atoms with Crippen molar-refractivity contribution in [2.75, 3.05) is 0 Å². The van der Waals surface area contributed by atoms with E-state index in [1.165, 1.54) is 0 Å². The highest BCUT2D eigenvalue weighted by atomic mass is 16.5. The van der Waals surface area contributed by atoms with E-state index in [1.54, 1.807) is 13.2 Å². The smallest absolute Gasteiger partial charge is 0.261 e. The number of carbonyl (C=O) groups is 1. The monoisotopic (exact) mass is 335 g/mol. The van der Waals surface area contributed by atoms with E-state index in [0.29, 0.717) is 11.5 Å². The molecule has 4 nitrogen and oxygen atoms in total. The van der Waals surface area contributed by atoms with Crippen LogP contribution in [0.25, 0.3) is 0 Å². The van der Waals surface area contributed by atoms with E-state index in [2.05, 4.69) is 5.32 Å². The summed E-state index contributed by atoms with van der Waals surface area (Å²) in [5.41, 5.74) is 2.04. The van der Waals surface area contributed by atoms with Crippen LogP contribution in [0.4, 0.5) is 0 Å². The Hall–Kier alpha value is -3.01. The normalized spacial score (nSPS) is 13.0. The van der Waals surface area contributed by atoms with Gasteiger partial charge >= 0.3 is 0 Å². The maximum atomic E-state index is 12.6. The van der Waals surface area contributed by atoms with Gasteiger partial charge in [0, 0.05) is 0 Å². The number of aryl methyl sites for hydroxylation is 1. The molecule has 0 fully saturated rings. The fraction of sp³-hybridized carbons (Fsp3) is 0.190. The number of furan rings is 1. The van der Waals surface area contributed by atoms with Crippen LogP contribution in [0.1, 0.15) is 29.9 Å². The summed E-state index contributed by atoms with van der Waals surface area (Å²) in [6.45, 7) is 3.72. The highest BCUT2D eigenvalue weighted by Gasteiger charge is 2.23. The maximum absolute atomic E-state index is 12.6. The Labute approximate surface area is 147 Å². The van der Waals surface area contributed by atoms with Crippen molar-refractivity contribution in [3.05, 3.63) is 89.9 Å². The summed E-state index contributed by atoms with van der Waals surface area (Å²) in [6, 6.07) is 20.7. The van der Waals surface area contributed by atoms with Gasteiger partial charge in [-0.1, -0.05) is 42.5 Å². The molecule has 1 amide bonds. The van der Waals surface area contributed by atoms with Crippen molar-refractivity contribution >= 4 is 5.91 Å². The third kappa shape index (κ3) is 4.29. The minimum atomic E-state index is -0.622. The van der Waals surface area contributed by atoms with Crippen LogP contribution in [0.5, 0.6) is 5.75 Å². The summed E-state index contributed by atoms with van der Waals surface area (Å²) < 4.78 is 11.3. The molecule has 4 heteroatoms. The Bertz CT molecular complexity index is 812. The van der Waals surface area contributed by atoms with E-state index in [4.69, 9.17) is 9.15 Å². The number of carbonyl (C=O) groups excluding carboxylic acids is 1. The van der Waals surface area contributed by atoms with Gasteiger partial charge in [-0.2, -0.15) is 0 Å². The molecule has 128 valence electrons. The lowest BCUT2D eigenvalue weighted by molar-refractivity contribution is -0.127. The Morgan fingerprint density at radius 1 is 1.04 bits per heavy atom. The average Bonchev–Trinajstić information content (AvgIpc) is 3.14. The molecule has 0 unspecified atom stereocenters. The Balaban J connectivity index is 1.74. The van der Waals surface area contributed by atoms with Gasteiger partial charge in [0.05, 0.1) is 6.26 Å². The lowest BCUT2D eigenvalue weighted by Crippen LogP contribution is -2.38. The van der Waals surface area contributed by atoms with E-state index in [9.17, 15) is 4.79 Å². The number of rotatable bonds is 6. The van der Waals surface area contributed by atoms with Crippen LogP contribution in [0.3, 0.4) is 0 Å². The Kier molecular flexibility index (Phi) is 5.19. The predicted octanol–water partition coefficient (Wildman–Crippen LogP) is 4.26. The third-order valence-electron chi connectivity index (χ3n) is 3.92. The van der Waals surface area contributed by atoms with Crippen LogP contribution < -0.4 is 10.1 Å². The van der Waals surface area contributed by atoms with Crippen LogP contribution in [-0.2, 0) is 4.79 Å². The minimum absolute atomic E-state index is 0.202. The fourth-order valence-electron chi connectivity index (χ4n) is 2.63. The van der Waals surface area contributed by atoms with E-state index >= 15 is 0 Å². The molecule has 0 saturated carbocycles. The molecular formula is C21H21NO3. The van der Waals surface area contributed by atoms with Crippen LogP contribution in [0.15, 0.2) is 77.4 Å². The molecule has 2 atom stereocenters. The van der Waals surface area contributed by atoms with Crippen LogP contribution in [0, 0.1) is 6.92 Å². The maximum Gasteiger partial charge on any atom is 0.261 e. The van der Waals surface area contributed by atoms with Crippen molar-refractivity contribution in [2.45, 2.75) is 26.0 Å². The standard InChI is InChI=1S/C21H21NO3/c1-15-8-6-11-18(14-15)25-16(2)21(23)22-20(19-12-7-13-24-19)17-9-4-3-5-10-17/h3-14,16,20H,1-2H3,(H,22,23)/t16-,20+/m0/s1. The molecule has 0 saturated heterocycles. The fourth-order valence-corrected chi connectivity index (χ4v) is 2.63. The number of ether oxygens (including phenoxy) is 1. The van der Waals surface area contributed by atoms with Gasteiger partial charge in [0.25, 0.3) is 5.91 Å². The lowest BCUT2D eigenvalue weighted by atomic mass is 10.0. The summed E-state index contributed by atoms with van der Waals surface area (Å²) in [5.74, 6) is 1.16. The third-order valence-corrected chi connectivity index (χ3v) is 3.92. The van der Waals surface area contributed by atoms with Crippen LogP contribution >= 0.6 is 0 Å². The van der Waals surface area contributed by atoms with E-state index in [0.717, 1.165) is 11.1 Å². The number of amides is 1. The molecule has 0 bridgehead atoms. The lowest BCUT2D eigenvalue weighted by Gasteiger charge is -2.21. The molecular weight excluding hydrogens is 314 g/mol. The summed E-state index contributed by atoms with van der Waals surface area (Å²) in [6.07, 6.45) is 0.979. The second-order valence-corrected chi connectivity index (χ2v) is 5.94. The molecule has 1 aromatic heterocycles. The Morgan fingerprint density at radius 3 is 2.52 bits per heavy atom. The van der Waals surface area contributed by atoms with Gasteiger partial charge in [-0.15, -0.1) is 0 Å². The zero-order valence-corrected chi connectivity index (χ0v) is 14.3. The predicted molar refractivity (Wildman–Crippen MR) is 96.4 cm³/mol. The Morgan fingerprint density at radius 2 is 1.84 bits per heavy atom. The van der Waals surface area contributed by atoms with Crippen molar-refractivity contribution < 1.29 is 13.9 Å². The number of nitrogens with one attached hydrogen (secondary N) is 1. The summed E-state index contributed by atoms with van der Waals surface area (Å²) in [7, 11) is 0. The number of hydrogen-bond donors (Lipinski definition) is 1. The van der Waals surface area contributed by atoms with Gasteiger partial charge < -0.3 is 14.5 Å². The van der Waals surface area contributed by atoms with Gasteiger partial charge in [0.2, 0.25) is 0 Å². The van der Waals surface area contributed by atoms with Gasteiger partial charge in [-0.25, -0.2) is 0 Å². The first-order chi connectivity index (χ1) is 12.1. The number of hydrogen-bond acceptors (Lipinski definition) is 3. The number of benzene rings is 2. The van der Waals surface area contributed by atoms with Crippen molar-refractivity contribution in [1.82, 2.24) is 5.32 Å². The molecule has 1 N–H and O–H groups in total. The van der Waals surface area contributed by atoms with Gasteiger partial charge in [0.15, 0.2) is 6.10 Å². The highest BCUT2D eigenvalue weighted by Crippen LogP contribution is 2.23. The average molecular weight is 335 g/mol. The van der Waals surface area contributed by atoms with E-state index in [-0.39, 0.29) is 11.9 Å². The molecule has 3 aromatic rings. The summed E-state index contributed by atoms with van der Waals surface area (Å²) >= 11 is 0. The molecule has 0 aliphatic heterocycles. The van der Waals surface area contributed by atoms with Crippen LogP contribution in [0.2, 0.25) is 0 Å². The van der Waals surface area contributed by atoms with Crippen molar-refractivity contribution in [1.29, 1.82) is 0 Å². The molecule has 3 rings (SSSR count). The molecule has 0 spiro atoms. The zero-order chi connectivity index (χ0) is 17.6. The molecule has 0 aliphatic carbocycles. The van der Waals surface area contributed by atoms with Crippen molar-refractivity contribution in [2.24, 2.45) is 0 Å². The molecule has 25 heavy (non-hydrogen) atoms. The largest absolute Gasteiger partial charge is 0.481 e. The minimum Gasteiger partial charge on any atom is -0.481 e. The highest BCUT2D eigenvalue weighted by molar-refractivity contribution is 5.81. The van der Waals surface area contributed by atoms with Gasteiger partial charge in [0.1, 0.15) is 17.6 Å². The molecule has 2 aromatic carbocycles. The molecule has 0 radical (unpaired) electrons. The van der Waals surface area contributed by atoms with E-state index < -0.39 is 6.10 Å². The van der Waals surface area contributed by atoms with Crippen LogP contribution in [-0.4, -0.2) is 12.0 Å². The zero-order valence-electron chi connectivity index (χ0n) is 14.3. The molecule has 0 aliphatic rings. The second-order valence-electron chi connectivity index (χ2n) is 5.94. The SMILES string of the molecule is Cc1cccc(O[C@@H](C)C(=O)N[C@H](c2ccccc2)c2ccco2)c1. The molecule has 1 heterocycles. The first-order valence-corrected chi connectivity index (χ1v) is 8.25. The first kappa shape index (κ1) is 16.8. The first-order valence-electron chi connectivity index (χ1n) is 8.25. The topological polar surface area (TPSA) is 51.5 Å². The second kappa shape index (κ2) is 7.71. The van der Waals surface area contributed by atoms with Crippen molar-refractivity contribution in [3.63, 3.8) is 0 Å². The van der Waals surface area contributed by atoms with Gasteiger partial charge in [-0.3, -0.25) is 4.79 Å². The summed E-state index contributed by atoms with van der Waals surface area (Å²) in [4.78, 5) is 12.6. The summed E-state index contributed by atoms with van der Waals surface area (Å²) in [5, 5.41) is 3.01. The van der Waals surface area contributed by atoms with Gasteiger partial charge in [-0.05, 0) is 49.2 Å².